The number of rotatable bonds is 8. The predicted molar refractivity (Wildman–Crippen MR) is 124 cm³/mol. The molecule has 1 unspecified atom stereocenters. The minimum Gasteiger partial charge on any atom is -0.496 e. The molecule has 0 bridgehead atoms. The Hall–Kier alpha value is -3.56. The van der Waals surface area contributed by atoms with Crippen LogP contribution in [0.2, 0.25) is 0 Å². The van der Waals surface area contributed by atoms with Crippen molar-refractivity contribution in [1.29, 1.82) is 0 Å². The van der Waals surface area contributed by atoms with E-state index in [0.29, 0.717) is 18.8 Å². The lowest BCUT2D eigenvalue weighted by atomic mass is 9.95. The van der Waals surface area contributed by atoms with E-state index in [9.17, 15) is 5.11 Å². The fourth-order valence-electron chi connectivity index (χ4n) is 3.74. The molecule has 0 fully saturated rings. The summed E-state index contributed by atoms with van der Waals surface area (Å²) in [4.78, 5) is 0. The van der Waals surface area contributed by atoms with Gasteiger partial charge in [0.2, 0.25) is 0 Å². The summed E-state index contributed by atoms with van der Waals surface area (Å²) in [6, 6.07) is 33.9. The topological polar surface area (TPSA) is 38.7 Å². The van der Waals surface area contributed by atoms with Crippen molar-refractivity contribution in [2.24, 2.45) is 0 Å². The second kappa shape index (κ2) is 9.96. The van der Waals surface area contributed by atoms with Gasteiger partial charge in [-0.15, -0.1) is 0 Å². The first-order chi connectivity index (χ1) is 15.3. The van der Waals surface area contributed by atoms with E-state index in [1.807, 2.05) is 91.0 Å². The molecule has 0 aliphatic rings. The van der Waals surface area contributed by atoms with Gasteiger partial charge < -0.3 is 14.6 Å². The molecule has 156 valence electrons. The molecule has 0 aliphatic heterocycles. The summed E-state index contributed by atoms with van der Waals surface area (Å²) in [6.07, 6.45) is -0.296. The van der Waals surface area contributed by atoms with E-state index in [1.165, 1.54) is 0 Å². The Bertz CT molecular complexity index is 1110. The molecule has 4 aromatic rings. The quantitative estimate of drug-likeness (QED) is 0.375. The summed E-state index contributed by atoms with van der Waals surface area (Å²) < 4.78 is 11.8. The predicted octanol–water partition coefficient (Wildman–Crippen LogP) is 6.22. The molecule has 1 atom stereocenters. The van der Waals surface area contributed by atoms with Crippen LogP contribution in [0.3, 0.4) is 0 Å². The Morgan fingerprint density at radius 2 is 1.42 bits per heavy atom. The fraction of sp³-hybridized carbons (Fsp3) is 0.143. The van der Waals surface area contributed by atoms with Crippen LogP contribution in [0.5, 0.6) is 11.5 Å². The van der Waals surface area contributed by atoms with Crippen LogP contribution < -0.4 is 9.47 Å². The van der Waals surface area contributed by atoms with Gasteiger partial charge in [-0.05, 0) is 22.8 Å². The average molecular weight is 411 g/mol. The number of ether oxygens (including phenoxy) is 2. The molecule has 0 saturated heterocycles. The van der Waals surface area contributed by atoms with Gasteiger partial charge in [0.25, 0.3) is 0 Å². The zero-order valence-electron chi connectivity index (χ0n) is 17.6. The van der Waals surface area contributed by atoms with Gasteiger partial charge in [-0.2, -0.15) is 0 Å². The second-order valence-electron chi connectivity index (χ2n) is 7.40. The van der Waals surface area contributed by atoms with Crippen molar-refractivity contribution >= 4 is 0 Å². The highest BCUT2D eigenvalue weighted by atomic mass is 16.5. The zero-order chi connectivity index (χ0) is 21.5. The summed E-state index contributed by atoms with van der Waals surface area (Å²) in [5.41, 5.74) is 4.82. The zero-order valence-corrected chi connectivity index (χ0v) is 17.6. The maximum Gasteiger partial charge on any atom is 0.133 e. The van der Waals surface area contributed by atoms with Crippen molar-refractivity contribution in [3.8, 4) is 22.6 Å². The standard InChI is InChI=1S/C28H26O3/c1-30-27-18-9-8-15-23(27)19-26(29)25-17-10-16-24(22-13-6-3-7-14-22)28(25)31-20-21-11-4-2-5-12-21/h2-18,26,29H,19-20H2,1H3. The van der Waals surface area contributed by atoms with Gasteiger partial charge in [0, 0.05) is 17.5 Å². The van der Waals surface area contributed by atoms with Crippen molar-refractivity contribution in [2.75, 3.05) is 7.11 Å². The molecule has 31 heavy (non-hydrogen) atoms. The van der Waals surface area contributed by atoms with Crippen LogP contribution in [-0.2, 0) is 13.0 Å². The molecule has 3 nitrogen and oxygen atoms in total. The minimum absolute atomic E-state index is 0.430. The fourth-order valence-corrected chi connectivity index (χ4v) is 3.74. The van der Waals surface area contributed by atoms with E-state index in [-0.39, 0.29) is 0 Å². The largest absolute Gasteiger partial charge is 0.496 e. The molecule has 0 aromatic heterocycles. The van der Waals surface area contributed by atoms with E-state index in [0.717, 1.165) is 33.6 Å². The molecule has 0 radical (unpaired) electrons. The summed E-state index contributed by atoms with van der Waals surface area (Å²) in [5, 5.41) is 11.2. The number of benzene rings is 4. The van der Waals surface area contributed by atoms with Crippen molar-refractivity contribution in [3.05, 3.63) is 120 Å². The van der Waals surface area contributed by atoms with Crippen LogP contribution in [-0.4, -0.2) is 12.2 Å². The van der Waals surface area contributed by atoms with Crippen molar-refractivity contribution in [3.63, 3.8) is 0 Å². The molecular formula is C28H26O3. The molecular weight excluding hydrogens is 384 g/mol. The minimum atomic E-state index is -0.731. The van der Waals surface area contributed by atoms with E-state index < -0.39 is 6.10 Å². The van der Waals surface area contributed by atoms with Crippen molar-refractivity contribution in [2.45, 2.75) is 19.1 Å². The number of aliphatic hydroxyl groups is 1. The summed E-state index contributed by atoms with van der Waals surface area (Å²) in [6.45, 7) is 0.430. The monoisotopic (exact) mass is 410 g/mol. The Morgan fingerprint density at radius 3 is 2.16 bits per heavy atom. The van der Waals surface area contributed by atoms with Crippen LogP contribution in [0.4, 0.5) is 0 Å². The van der Waals surface area contributed by atoms with Crippen molar-refractivity contribution < 1.29 is 14.6 Å². The van der Waals surface area contributed by atoms with Gasteiger partial charge in [0.1, 0.15) is 18.1 Å². The van der Waals surface area contributed by atoms with E-state index >= 15 is 0 Å². The lowest BCUT2D eigenvalue weighted by Gasteiger charge is -2.20. The lowest BCUT2D eigenvalue weighted by Crippen LogP contribution is -2.08. The maximum atomic E-state index is 11.2. The van der Waals surface area contributed by atoms with Gasteiger partial charge in [-0.25, -0.2) is 0 Å². The third-order valence-electron chi connectivity index (χ3n) is 5.32. The first-order valence-electron chi connectivity index (χ1n) is 10.4. The van der Waals surface area contributed by atoms with Crippen LogP contribution >= 0.6 is 0 Å². The van der Waals surface area contributed by atoms with Gasteiger partial charge in [-0.3, -0.25) is 0 Å². The number of hydrogen-bond acceptors (Lipinski definition) is 3. The van der Waals surface area contributed by atoms with Crippen LogP contribution in [0, 0.1) is 0 Å². The average Bonchev–Trinajstić information content (AvgIpc) is 2.84. The Labute approximate surface area is 183 Å². The number of para-hydroxylation sites is 2. The van der Waals surface area contributed by atoms with E-state index in [1.54, 1.807) is 7.11 Å². The SMILES string of the molecule is COc1ccccc1CC(O)c1cccc(-c2ccccc2)c1OCc1ccccc1. The highest BCUT2D eigenvalue weighted by Crippen LogP contribution is 2.38. The molecule has 4 rings (SSSR count). The smallest absolute Gasteiger partial charge is 0.133 e. The third-order valence-corrected chi connectivity index (χ3v) is 5.32. The van der Waals surface area contributed by atoms with Crippen LogP contribution in [0.25, 0.3) is 11.1 Å². The first-order valence-corrected chi connectivity index (χ1v) is 10.4. The Kier molecular flexibility index (Phi) is 6.65. The molecule has 4 aromatic carbocycles. The van der Waals surface area contributed by atoms with Crippen LogP contribution in [0.15, 0.2) is 103 Å². The maximum absolute atomic E-state index is 11.2. The lowest BCUT2D eigenvalue weighted by molar-refractivity contribution is 0.170. The molecule has 3 heteroatoms. The van der Waals surface area contributed by atoms with Crippen molar-refractivity contribution in [1.82, 2.24) is 0 Å². The second-order valence-corrected chi connectivity index (χ2v) is 7.40. The number of hydrogen-bond donors (Lipinski definition) is 1. The molecule has 0 heterocycles. The Balaban J connectivity index is 1.70. The van der Waals surface area contributed by atoms with Gasteiger partial charge in [0.15, 0.2) is 0 Å². The first kappa shape index (κ1) is 20.7. The summed E-state index contributed by atoms with van der Waals surface area (Å²) in [7, 11) is 1.65. The summed E-state index contributed by atoms with van der Waals surface area (Å²) >= 11 is 0. The highest BCUT2D eigenvalue weighted by Gasteiger charge is 2.20. The number of aliphatic hydroxyl groups excluding tert-OH is 1. The molecule has 0 spiro atoms. The normalized spacial score (nSPS) is 11.7. The molecule has 0 amide bonds. The third kappa shape index (κ3) is 4.96. The van der Waals surface area contributed by atoms with Gasteiger partial charge >= 0.3 is 0 Å². The van der Waals surface area contributed by atoms with E-state index in [2.05, 4.69) is 12.1 Å². The van der Waals surface area contributed by atoms with Gasteiger partial charge in [-0.1, -0.05) is 97.1 Å². The van der Waals surface area contributed by atoms with Gasteiger partial charge in [0.05, 0.1) is 13.2 Å². The molecule has 0 saturated carbocycles. The van der Waals surface area contributed by atoms with Crippen LogP contribution in [0.1, 0.15) is 22.8 Å². The highest BCUT2D eigenvalue weighted by molar-refractivity contribution is 5.72. The summed E-state index contributed by atoms with van der Waals surface area (Å²) in [5.74, 6) is 1.48. The molecule has 0 aliphatic carbocycles. The van der Waals surface area contributed by atoms with E-state index in [4.69, 9.17) is 9.47 Å². The molecule has 1 N–H and O–H groups in total. The number of methoxy groups -OCH3 is 1. The Morgan fingerprint density at radius 1 is 0.742 bits per heavy atom.